The fourth-order valence-corrected chi connectivity index (χ4v) is 3.24. The number of para-hydroxylation sites is 1. The van der Waals surface area contributed by atoms with Gasteiger partial charge in [-0.2, -0.15) is 5.26 Å². The lowest BCUT2D eigenvalue weighted by molar-refractivity contribution is -0.116. The largest absolute Gasteiger partial charge is 0.335 e. The molecule has 0 saturated carbocycles. The van der Waals surface area contributed by atoms with Crippen LogP contribution in [0.2, 0.25) is 5.02 Å². The Morgan fingerprint density at radius 2 is 1.89 bits per heavy atom. The minimum absolute atomic E-state index is 0.0330. The number of hydrogen-bond acceptors (Lipinski definition) is 6. The summed E-state index contributed by atoms with van der Waals surface area (Å²) in [5.41, 5.74) is 1.43. The number of halogens is 1. The molecule has 9 heteroatoms. The maximum atomic E-state index is 12.6. The first-order valence-corrected chi connectivity index (χ1v) is 9.28. The Morgan fingerprint density at radius 1 is 1.19 bits per heavy atom. The molecule has 3 aromatic rings. The molecular weight excluding hydrogens is 384 g/mol. The Balaban J connectivity index is 1.72. The Labute approximate surface area is 165 Å². The third-order valence-electron chi connectivity index (χ3n) is 3.69. The van der Waals surface area contributed by atoms with Crippen molar-refractivity contribution in [2.75, 3.05) is 23.0 Å². The molecule has 0 aliphatic rings. The maximum absolute atomic E-state index is 12.6. The number of nitrogen functional groups attached to an aromatic ring is 1. The molecule has 0 fully saturated rings. The lowest BCUT2D eigenvalue weighted by Gasteiger charge is -2.19. The van der Waals surface area contributed by atoms with E-state index in [1.807, 2.05) is 24.3 Å². The van der Waals surface area contributed by atoms with Crippen LogP contribution in [0.5, 0.6) is 0 Å². The van der Waals surface area contributed by atoms with Gasteiger partial charge in [0.25, 0.3) is 0 Å². The van der Waals surface area contributed by atoms with E-state index in [-0.39, 0.29) is 18.2 Å². The number of nitrogens with two attached hydrogens (primary N) is 1. The second-order valence-corrected chi connectivity index (χ2v) is 6.82. The Bertz CT molecular complexity index is 968. The van der Waals surface area contributed by atoms with Crippen LogP contribution in [-0.4, -0.2) is 33.1 Å². The minimum atomic E-state index is -0.219. The topological polar surface area (TPSA) is 101 Å². The van der Waals surface area contributed by atoms with Crippen LogP contribution in [0.25, 0.3) is 11.4 Å². The van der Waals surface area contributed by atoms with E-state index in [2.05, 4.69) is 10.2 Å². The molecule has 136 valence electrons. The number of benzene rings is 2. The third-order valence-corrected chi connectivity index (χ3v) is 4.87. The number of nitrogens with zero attached hydrogens (tertiary/aromatic N) is 5. The zero-order valence-corrected chi connectivity index (χ0v) is 15.7. The van der Waals surface area contributed by atoms with Crippen LogP contribution in [-0.2, 0) is 4.79 Å². The lowest BCUT2D eigenvalue weighted by Crippen LogP contribution is -2.32. The van der Waals surface area contributed by atoms with Crippen LogP contribution in [0, 0.1) is 11.3 Å². The summed E-state index contributed by atoms with van der Waals surface area (Å²) in [6.45, 7) is -0.0330. The van der Waals surface area contributed by atoms with E-state index in [4.69, 9.17) is 22.7 Å². The lowest BCUT2D eigenvalue weighted by atomic mass is 10.2. The molecule has 0 aliphatic heterocycles. The summed E-state index contributed by atoms with van der Waals surface area (Å²) in [6, 6.07) is 18.1. The molecule has 3 rings (SSSR count). The average Bonchev–Trinajstić information content (AvgIpc) is 3.06. The van der Waals surface area contributed by atoms with Gasteiger partial charge in [-0.1, -0.05) is 41.6 Å². The van der Waals surface area contributed by atoms with Gasteiger partial charge in [0.1, 0.15) is 6.54 Å². The maximum Gasteiger partial charge on any atom is 0.238 e. The molecule has 0 atom stereocenters. The molecule has 7 nitrogen and oxygen atoms in total. The van der Waals surface area contributed by atoms with Crippen molar-refractivity contribution in [2.45, 2.75) is 5.16 Å². The van der Waals surface area contributed by atoms with Gasteiger partial charge >= 0.3 is 0 Å². The van der Waals surface area contributed by atoms with Crippen molar-refractivity contribution in [1.82, 2.24) is 14.9 Å². The molecule has 0 bridgehead atoms. The highest BCUT2D eigenvalue weighted by molar-refractivity contribution is 7.99. The van der Waals surface area contributed by atoms with Crippen LogP contribution in [0.4, 0.5) is 5.69 Å². The van der Waals surface area contributed by atoms with Gasteiger partial charge in [-0.05, 0) is 36.4 Å². The molecule has 0 spiro atoms. The quantitative estimate of drug-likeness (QED) is 0.389. The van der Waals surface area contributed by atoms with Gasteiger partial charge in [-0.25, -0.2) is 4.68 Å². The van der Waals surface area contributed by atoms with Gasteiger partial charge in [0.2, 0.25) is 11.1 Å². The van der Waals surface area contributed by atoms with E-state index >= 15 is 0 Å². The van der Waals surface area contributed by atoms with Crippen molar-refractivity contribution in [3.05, 3.63) is 59.6 Å². The number of thioether (sulfide) groups is 1. The van der Waals surface area contributed by atoms with E-state index in [1.165, 1.54) is 9.58 Å². The highest BCUT2D eigenvalue weighted by atomic mass is 35.5. The highest BCUT2D eigenvalue weighted by Crippen LogP contribution is 2.24. The number of carbonyl (C=O) groups excluding carboxylic acids is 1. The van der Waals surface area contributed by atoms with Gasteiger partial charge in [0.15, 0.2) is 5.82 Å². The summed E-state index contributed by atoms with van der Waals surface area (Å²) in [4.78, 5) is 14.0. The minimum Gasteiger partial charge on any atom is -0.335 e. The first-order valence-electron chi connectivity index (χ1n) is 7.91. The van der Waals surface area contributed by atoms with Crippen LogP contribution in [0.1, 0.15) is 0 Å². The van der Waals surface area contributed by atoms with Crippen molar-refractivity contribution in [2.24, 2.45) is 0 Å². The van der Waals surface area contributed by atoms with Gasteiger partial charge in [0.05, 0.1) is 11.8 Å². The summed E-state index contributed by atoms with van der Waals surface area (Å²) in [5, 5.41) is 18.2. The Kier molecular flexibility index (Phi) is 5.96. The smallest absolute Gasteiger partial charge is 0.238 e. The zero-order chi connectivity index (χ0) is 19.2. The molecule has 1 heterocycles. The third kappa shape index (κ3) is 4.39. The molecule has 27 heavy (non-hydrogen) atoms. The van der Waals surface area contributed by atoms with Crippen molar-refractivity contribution >= 4 is 35.0 Å². The van der Waals surface area contributed by atoms with Crippen molar-refractivity contribution in [3.8, 4) is 17.5 Å². The fraction of sp³-hybridized carbons (Fsp3) is 0.111. The second-order valence-electron chi connectivity index (χ2n) is 5.45. The molecule has 0 unspecified atom stereocenters. The Morgan fingerprint density at radius 3 is 2.56 bits per heavy atom. The van der Waals surface area contributed by atoms with Gasteiger partial charge in [-0.15, -0.1) is 10.2 Å². The van der Waals surface area contributed by atoms with Crippen LogP contribution in [0.15, 0.2) is 59.8 Å². The Hall–Kier alpha value is -3.02. The number of amides is 1. The summed E-state index contributed by atoms with van der Waals surface area (Å²) in [5.74, 6) is 6.39. The van der Waals surface area contributed by atoms with E-state index < -0.39 is 0 Å². The zero-order valence-electron chi connectivity index (χ0n) is 14.1. The van der Waals surface area contributed by atoms with Crippen molar-refractivity contribution in [1.29, 1.82) is 5.26 Å². The van der Waals surface area contributed by atoms with Crippen LogP contribution in [0.3, 0.4) is 0 Å². The molecule has 2 N–H and O–H groups in total. The van der Waals surface area contributed by atoms with Crippen LogP contribution < -0.4 is 10.7 Å². The predicted octanol–water partition coefficient (Wildman–Crippen LogP) is 2.96. The molecule has 0 saturated heterocycles. The average molecular weight is 399 g/mol. The molecule has 1 aromatic heterocycles. The summed E-state index contributed by atoms with van der Waals surface area (Å²) in [7, 11) is 0. The summed E-state index contributed by atoms with van der Waals surface area (Å²) < 4.78 is 1.33. The van der Waals surface area contributed by atoms with E-state index in [1.54, 1.807) is 36.4 Å². The first kappa shape index (κ1) is 18.8. The van der Waals surface area contributed by atoms with Crippen molar-refractivity contribution < 1.29 is 4.79 Å². The van der Waals surface area contributed by atoms with Crippen molar-refractivity contribution in [3.63, 3.8) is 0 Å². The number of hydrogen-bond donors (Lipinski definition) is 1. The van der Waals surface area contributed by atoms with E-state index in [9.17, 15) is 4.79 Å². The van der Waals surface area contributed by atoms with Gasteiger partial charge in [-0.3, -0.25) is 9.69 Å². The number of carbonyl (C=O) groups is 1. The SMILES string of the molecule is N#CCN(C(=O)CSc1nnc(-c2ccc(Cl)cc2)n1N)c1ccccc1. The number of anilines is 1. The van der Waals surface area contributed by atoms with Crippen LogP contribution >= 0.6 is 23.4 Å². The van der Waals surface area contributed by atoms with E-state index in [0.717, 1.165) is 17.3 Å². The molecule has 1 amide bonds. The van der Waals surface area contributed by atoms with Gasteiger partial charge in [0, 0.05) is 16.3 Å². The molecule has 0 radical (unpaired) electrons. The normalized spacial score (nSPS) is 10.4. The molecular formula is C18H15ClN6OS. The summed E-state index contributed by atoms with van der Waals surface area (Å²) in [6.07, 6.45) is 0. The second kappa shape index (κ2) is 8.58. The fourth-order valence-electron chi connectivity index (χ4n) is 2.38. The molecule has 2 aromatic carbocycles. The van der Waals surface area contributed by atoms with Gasteiger partial charge < -0.3 is 5.84 Å². The molecule has 0 aliphatic carbocycles. The highest BCUT2D eigenvalue weighted by Gasteiger charge is 2.18. The number of rotatable bonds is 6. The first-order chi connectivity index (χ1) is 13.1. The summed E-state index contributed by atoms with van der Waals surface area (Å²) >= 11 is 7.05. The number of nitriles is 1. The predicted molar refractivity (Wildman–Crippen MR) is 106 cm³/mol. The number of aromatic nitrogens is 3. The standard InChI is InChI=1S/C18H15ClN6OS/c19-14-8-6-13(7-9-14)17-22-23-18(25(17)21)27-12-16(26)24(11-10-20)15-4-2-1-3-5-15/h1-9H,11-12,21H2. The monoisotopic (exact) mass is 398 g/mol. The van der Waals surface area contributed by atoms with E-state index in [0.29, 0.717) is 21.7 Å².